The zero-order valence-electron chi connectivity index (χ0n) is 8.89. The van der Waals surface area contributed by atoms with Gasteiger partial charge in [0.05, 0.1) is 0 Å². The first-order valence-electron chi connectivity index (χ1n) is 4.48. The van der Waals surface area contributed by atoms with E-state index in [1.54, 1.807) is 0 Å². The number of nitrogens with zero attached hydrogens (tertiary/aromatic N) is 2. The van der Waals surface area contributed by atoms with Gasteiger partial charge in [-0.3, -0.25) is 9.98 Å². The van der Waals surface area contributed by atoms with E-state index < -0.39 is 0 Å². The van der Waals surface area contributed by atoms with Gasteiger partial charge >= 0.3 is 0 Å². The van der Waals surface area contributed by atoms with Crippen LogP contribution in [-0.4, -0.2) is 25.0 Å². The molecule has 0 heterocycles. The minimum Gasteiger partial charge on any atom is -0.297 e. The quantitative estimate of drug-likeness (QED) is 0.576. The van der Waals surface area contributed by atoms with Crippen LogP contribution in [0.1, 0.15) is 34.1 Å². The van der Waals surface area contributed by atoms with Crippen LogP contribution in [0.25, 0.3) is 0 Å². The highest BCUT2D eigenvalue weighted by molar-refractivity contribution is 6.02. The van der Waals surface area contributed by atoms with Crippen LogP contribution in [0.2, 0.25) is 0 Å². The summed E-state index contributed by atoms with van der Waals surface area (Å²) in [6.45, 7) is 9.39. The van der Waals surface area contributed by atoms with Crippen molar-refractivity contribution in [1.29, 1.82) is 0 Å². The molecule has 0 amide bonds. The Labute approximate surface area is 75.8 Å². The Bertz CT molecular complexity index is 178. The summed E-state index contributed by atoms with van der Waals surface area (Å²) in [4.78, 5) is 8.54. The zero-order valence-corrected chi connectivity index (χ0v) is 8.89. The molecule has 0 aliphatic carbocycles. The first-order chi connectivity index (χ1) is 5.56. The molecule has 0 aromatic carbocycles. The van der Waals surface area contributed by atoms with Gasteiger partial charge in [-0.1, -0.05) is 13.8 Å². The van der Waals surface area contributed by atoms with Crippen molar-refractivity contribution in [3.8, 4) is 0 Å². The van der Waals surface area contributed by atoms with Gasteiger partial charge in [0.2, 0.25) is 0 Å². The molecule has 0 bridgehead atoms. The summed E-state index contributed by atoms with van der Waals surface area (Å²) in [6, 6.07) is 0. The highest BCUT2D eigenvalue weighted by atomic mass is 14.7. The van der Waals surface area contributed by atoms with E-state index >= 15 is 0 Å². The summed E-state index contributed by atoms with van der Waals surface area (Å²) in [5.74, 6) is 0.652. The third-order valence-electron chi connectivity index (χ3n) is 1.62. The van der Waals surface area contributed by atoms with E-state index in [4.69, 9.17) is 0 Å². The van der Waals surface area contributed by atoms with Gasteiger partial charge in [-0.15, -0.1) is 0 Å². The third-order valence-corrected chi connectivity index (χ3v) is 1.62. The second-order valence-electron chi connectivity index (χ2n) is 3.61. The first kappa shape index (κ1) is 11.3. The highest BCUT2D eigenvalue weighted by Crippen LogP contribution is 1.95. The van der Waals surface area contributed by atoms with E-state index in [0.29, 0.717) is 5.92 Å². The van der Waals surface area contributed by atoms with Crippen molar-refractivity contribution in [2.75, 3.05) is 13.6 Å². The lowest BCUT2D eigenvalue weighted by atomic mass is 10.2. The van der Waals surface area contributed by atoms with Crippen molar-refractivity contribution in [3.63, 3.8) is 0 Å². The van der Waals surface area contributed by atoms with Crippen LogP contribution >= 0.6 is 0 Å². The summed E-state index contributed by atoms with van der Waals surface area (Å²) in [6.07, 6.45) is 0.920. The smallest absolute Gasteiger partial charge is 0.0411 e. The van der Waals surface area contributed by atoms with Gasteiger partial charge < -0.3 is 0 Å². The number of rotatable bonds is 4. The number of hydrogen-bond acceptors (Lipinski definition) is 2. The van der Waals surface area contributed by atoms with Crippen molar-refractivity contribution in [3.05, 3.63) is 0 Å². The average molecular weight is 168 g/mol. The largest absolute Gasteiger partial charge is 0.297 e. The fourth-order valence-corrected chi connectivity index (χ4v) is 0.844. The van der Waals surface area contributed by atoms with E-state index in [0.717, 1.165) is 18.7 Å². The third kappa shape index (κ3) is 6.08. The van der Waals surface area contributed by atoms with Crippen LogP contribution < -0.4 is 0 Å². The second-order valence-corrected chi connectivity index (χ2v) is 3.61. The van der Waals surface area contributed by atoms with E-state index in [2.05, 4.69) is 30.8 Å². The van der Waals surface area contributed by atoms with Crippen molar-refractivity contribution in [2.24, 2.45) is 15.9 Å². The lowest BCUT2D eigenvalue weighted by Crippen LogP contribution is -2.03. The summed E-state index contributed by atoms with van der Waals surface area (Å²) in [7, 11) is 1.82. The first-order valence-corrected chi connectivity index (χ1v) is 4.48. The van der Waals surface area contributed by atoms with Crippen LogP contribution in [0.3, 0.4) is 0 Å². The molecule has 0 fully saturated rings. The molecule has 0 saturated carbocycles. The lowest BCUT2D eigenvalue weighted by molar-refractivity contribution is 0.665. The Morgan fingerprint density at radius 3 is 2.17 bits per heavy atom. The number of hydrogen-bond donors (Lipinski definition) is 0. The second kappa shape index (κ2) is 5.92. The van der Waals surface area contributed by atoms with Gasteiger partial charge in [-0.25, -0.2) is 0 Å². The van der Waals surface area contributed by atoms with Crippen molar-refractivity contribution in [2.45, 2.75) is 34.1 Å². The fraction of sp³-hybridized carbons (Fsp3) is 0.800. The predicted octanol–water partition coefficient (Wildman–Crippen LogP) is 2.58. The molecular weight excluding hydrogens is 148 g/mol. The van der Waals surface area contributed by atoms with Crippen LogP contribution in [0.5, 0.6) is 0 Å². The molecule has 2 nitrogen and oxygen atoms in total. The average Bonchev–Trinajstić information content (AvgIpc) is 2.00. The van der Waals surface area contributed by atoms with Gasteiger partial charge in [0.1, 0.15) is 0 Å². The highest BCUT2D eigenvalue weighted by Gasteiger charge is 1.95. The summed E-state index contributed by atoms with van der Waals surface area (Å²) >= 11 is 0. The van der Waals surface area contributed by atoms with E-state index in [9.17, 15) is 0 Å². The molecule has 0 aromatic rings. The van der Waals surface area contributed by atoms with Gasteiger partial charge in [0.15, 0.2) is 0 Å². The molecule has 12 heavy (non-hydrogen) atoms. The molecule has 2 heteroatoms. The monoisotopic (exact) mass is 168 g/mol. The van der Waals surface area contributed by atoms with Gasteiger partial charge in [0.25, 0.3) is 0 Å². The normalized spacial score (nSPS) is 14.2. The Balaban J connectivity index is 3.86. The lowest BCUT2D eigenvalue weighted by Gasteiger charge is -2.02. The molecular formula is C10H20N2. The summed E-state index contributed by atoms with van der Waals surface area (Å²) in [5.41, 5.74) is 2.34. The van der Waals surface area contributed by atoms with E-state index in [-0.39, 0.29) is 0 Å². The van der Waals surface area contributed by atoms with Gasteiger partial charge in [0, 0.05) is 31.4 Å². The molecule has 0 aromatic heterocycles. The molecule has 0 rings (SSSR count). The van der Waals surface area contributed by atoms with E-state index in [1.807, 2.05) is 14.0 Å². The Kier molecular flexibility index (Phi) is 5.60. The summed E-state index contributed by atoms with van der Waals surface area (Å²) < 4.78 is 0. The van der Waals surface area contributed by atoms with Crippen molar-refractivity contribution in [1.82, 2.24) is 0 Å². The molecule has 0 atom stereocenters. The molecule has 0 unspecified atom stereocenters. The minimum absolute atomic E-state index is 0.652. The van der Waals surface area contributed by atoms with Crippen LogP contribution in [0, 0.1) is 5.92 Å². The molecule has 0 N–H and O–H groups in total. The Morgan fingerprint density at radius 2 is 1.75 bits per heavy atom. The molecule has 0 radical (unpaired) electrons. The molecule has 0 aliphatic rings. The number of aliphatic imine (C=N–C) groups is 2. The zero-order chi connectivity index (χ0) is 9.56. The van der Waals surface area contributed by atoms with Crippen molar-refractivity contribution < 1.29 is 0 Å². The molecule has 0 saturated heterocycles. The summed E-state index contributed by atoms with van der Waals surface area (Å²) in [5, 5.41) is 0. The maximum atomic E-state index is 4.45. The maximum absolute atomic E-state index is 4.45. The Hall–Kier alpha value is -0.660. The minimum atomic E-state index is 0.652. The topological polar surface area (TPSA) is 24.7 Å². The standard InChI is InChI=1S/C10H20N2/c1-8(2)7-12-10(4)6-9(3)11-5/h8H,6-7H2,1-5H3. The van der Waals surface area contributed by atoms with Crippen LogP contribution in [0.15, 0.2) is 9.98 Å². The van der Waals surface area contributed by atoms with Gasteiger partial charge in [-0.2, -0.15) is 0 Å². The molecule has 0 aliphatic heterocycles. The molecule has 0 spiro atoms. The Morgan fingerprint density at radius 1 is 1.17 bits per heavy atom. The maximum Gasteiger partial charge on any atom is 0.0411 e. The SMILES string of the molecule is CN=C(C)CC(C)=NCC(C)C. The van der Waals surface area contributed by atoms with E-state index in [1.165, 1.54) is 5.71 Å². The van der Waals surface area contributed by atoms with Gasteiger partial charge in [-0.05, 0) is 19.8 Å². The van der Waals surface area contributed by atoms with Crippen molar-refractivity contribution >= 4 is 11.4 Å². The predicted molar refractivity (Wildman–Crippen MR) is 56.5 cm³/mol. The van der Waals surface area contributed by atoms with Crippen LogP contribution in [0.4, 0.5) is 0 Å². The van der Waals surface area contributed by atoms with Crippen LogP contribution in [-0.2, 0) is 0 Å². The fourth-order valence-electron chi connectivity index (χ4n) is 0.844. The molecule has 70 valence electrons.